The van der Waals surface area contributed by atoms with Crippen molar-refractivity contribution in [3.05, 3.63) is 47.7 Å². The van der Waals surface area contributed by atoms with Gasteiger partial charge < -0.3 is 14.8 Å². The average Bonchev–Trinajstić information content (AvgIpc) is 3.14. The van der Waals surface area contributed by atoms with E-state index in [1.165, 1.54) is 56.8 Å². The second-order valence-electron chi connectivity index (χ2n) is 10.2. The first-order valence-corrected chi connectivity index (χ1v) is 12.8. The van der Waals surface area contributed by atoms with Crippen LogP contribution in [0.1, 0.15) is 36.9 Å². The highest BCUT2D eigenvalue weighted by Crippen LogP contribution is 2.42. The van der Waals surface area contributed by atoms with Crippen LogP contribution in [0.5, 0.6) is 0 Å². The summed E-state index contributed by atoms with van der Waals surface area (Å²) < 4.78 is 4.50. The van der Waals surface area contributed by atoms with Gasteiger partial charge in [-0.15, -0.1) is 0 Å². The molecule has 5 rings (SSSR count). The monoisotopic (exact) mass is 456 g/mol. The Hall–Kier alpha value is -2.92. The fourth-order valence-electron chi connectivity index (χ4n) is 5.55. The Balaban J connectivity index is 1.75. The molecule has 0 atom stereocenters. The van der Waals surface area contributed by atoms with Gasteiger partial charge in [0.25, 0.3) is 0 Å². The van der Waals surface area contributed by atoms with Gasteiger partial charge in [-0.2, -0.15) is 0 Å². The van der Waals surface area contributed by atoms with Crippen molar-refractivity contribution in [3.63, 3.8) is 0 Å². The Bertz CT molecular complexity index is 1350. The van der Waals surface area contributed by atoms with Gasteiger partial charge in [-0.05, 0) is 75.1 Å². The van der Waals surface area contributed by atoms with Crippen LogP contribution in [0.4, 0.5) is 5.69 Å². The van der Waals surface area contributed by atoms with E-state index in [9.17, 15) is 0 Å². The van der Waals surface area contributed by atoms with Gasteiger partial charge in [0, 0.05) is 30.6 Å². The van der Waals surface area contributed by atoms with E-state index in [1.54, 1.807) is 0 Å². The van der Waals surface area contributed by atoms with Crippen LogP contribution in [0, 0.1) is 0 Å². The molecule has 0 saturated heterocycles. The Labute approximate surface area is 203 Å². The van der Waals surface area contributed by atoms with E-state index >= 15 is 0 Å². The zero-order valence-electron chi connectivity index (χ0n) is 21.0. The van der Waals surface area contributed by atoms with E-state index in [0.29, 0.717) is 0 Å². The van der Waals surface area contributed by atoms with Gasteiger partial charge >= 0.3 is 0 Å². The summed E-state index contributed by atoms with van der Waals surface area (Å²) >= 11 is 0. The van der Waals surface area contributed by atoms with Crippen molar-refractivity contribution < 1.29 is 4.58 Å². The summed E-state index contributed by atoms with van der Waals surface area (Å²) in [5, 5.41) is 9.21. The number of hydrogen-bond acceptors (Lipinski definition) is 3. The number of anilines is 1. The largest absolute Gasteiger partial charge is 0.384 e. The molecule has 178 valence electrons. The van der Waals surface area contributed by atoms with Crippen LogP contribution in [0.15, 0.2) is 36.4 Å². The van der Waals surface area contributed by atoms with Crippen LogP contribution in [0.2, 0.25) is 0 Å². The molecule has 0 saturated carbocycles. The van der Waals surface area contributed by atoms with Gasteiger partial charge in [0.2, 0.25) is 0 Å². The predicted octanol–water partition coefficient (Wildman–Crippen LogP) is 5.32. The molecular formula is C29H38N5+. The summed E-state index contributed by atoms with van der Waals surface area (Å²) in [6.07, 6.45) is 6.87. The highest BCUT2D eigenvalue weighted by atomic mass is 15.1. The molecule has 2 heterocycles. The normalized spacial score (nSPS) is 13.8. The van der Waals surface area contributed by atoms with E-state index in [-0.39, 0.29) is 0 Å². The van der Waals surface area contributed by atoms with E-state index in [0.717, 1.165) is 57.5 Å². The van der Waals surface area contributed by atoms with Crippen molar-refractivity contribution in [3.8, 4) is 0 Å². The Morgan fingerprint density at radius 1 is 1.06 bits per heavy atom. The summed E-state index contributed by atoms with van der Waals surface area (Å²) in [6.45, 7) is 8.03. The molecule has 5 nitrogen and oxygen atoms in total. The van der Waals surface area contributed by atoms with Crippen molar-refractivity contribution in [2.45, 2.75) is 45.1 Å². The van der Waals surface area contributed by atoms with E-state index < -0.39 is 0 Å². The molecule has 2 aromatic heterocycles. The summed E-state index contributed by atoms with van der Waals surface area (Å²) in [4.78, 5) is 7.62. The smallest absolute Gasteiger partial charge is 0.143 e. The number of rotatable bonds is 9. The van der Waals surface area contributed by atoms with Gasteiger partial charge in [-0.1, -0.05) is 30.3 Å². The van der Waals surface area contributed by atoms with Crippen molar-refractivity contribution in [1.29, 1.82) is 0 Å². The quantitative estimate of drug-likeness (QED) is 0.210. The molecule has 2 aromatic carbocycles. The second-order valence-corrected chi connectivity index (χ2v) is 10.2. The third kappa shape index (κ3) is 4.29. The first-order valence-electron chi connectivity index (χ1n) is 12.8. The molecule has 1 aliphatic carbocycles. The van der Waals surface area contributed by atoms with Crippen molar-refractivity contribution in [2.24, 2.45) is 0 Å². The molecule has 0 aliphatic heterocycles. The maximum atomic E-state index is 5.36. The highest BCUT2D eigenvalue weighted by Gasteiger charge is 2.24. The molecule has 0 amide bonds. The third-order valence-electron chi connectivity index (χ3n) is 7.16. The number of pyridine rings is 1. The minimum Gasteiger partial charge on any atom is -0.384 e. The van der Waals surface area contributed by atoms with Gasteiger partial charge in [-0.3, -0.25) is 0 Å². The molecule has 0 fully saturated rings. The molecule has 0 bridgehead atoms. The number of benzene rings is 2. The molecule has 1 N–H and O–H groups in total. The minimum absolute atomic E-state index is 0.948. The summed E-state index contributed by atoms with van der Waals surface area (Å²) in [7, 11) is 6.34. The minimum atomic E-state index is 0.948. The number of hydrogen-bond donors (Lipinski definition) is 1. The van der Waals surface area contributed by atoms with Crippen LogP contribution >= 0.6 is 0 Å². The number of aromatic nitrogens is 2. The summed E-state index contributed by atoms with van der Waals surface area (Å²) in [5.74, 6) is 0. The number of aryl methyl sites for hydroxylation is 2. The van der Waals surface area contributed by atoms with Crippen LogP contribution < -0.4 is 5.32 Å². The van der Waals surface area contributed by atoms with Crippen LogP contribution in [0.3, 0.4) is 0 Å². The first-order chi connectivity index (χ1) is 16.5. The number of nitrogens with zero attached hydrogens (tertiary/aromatic N) is 4. The van der Waals surface area contributed by atoms with Gasteiger partial charge in [0.1, 0.15) is 26.0 Å². The zero-order chi connectivity index (χ0) is 23.7. The van der Waals surface area contributed by atoms with Crippen molar-refractivity contribution in [2.75, 3.05) is 46.1 Å². The molecule has 0 radical (unpaired) electrons. The second kappa shape index (κ2) is 9.75. The van der Waals surface area contributed by atoms with E-state index in [4.69, 9.17) is 4.98 Å². The Morgan fingerprint density at radius 3 is 2.71 bits per heavy atom. The number of nitrogens with one attached hydrogen (secondary N) is 1. The molecule has 5 heteroatoms. The van der Waals surface area contributed by atoms with Crippen molar-refractivity contribution >= 4 is 45.1 Å². The van der Waals surface area contributed by atoms with Crippen LogP contribution in [-0.4, -0.2) is 66.5 Å². The first kappa shape index (κ1) is 22.9. The van der Waals surface area contributed by atoms with Gasteiger partial charge in [-0.25, -0.2) is 9.56 Å². The third-order valence-corrected chi connectivity index (χ3v) is 7.16. The van der Waals surface area contributed by atoms with Crippen molar-refractivity contribution in [1.82, 2.24) is 14.5 Å². The topological polar surface area (TPSA) is 36.1 Å². The van der Waals surface area contributed by atoms with E-state index in [1.807, 2.05) is 11.6 Å². The van der Waals surface area contributed by atoms with Gasteiger partial charge in [0.05, 0.1) is 16.6 Å². The van der Waals surface area contributed by atoms with Crippen LogP contribution in [0.25, 0.3) is 32.7 Å². The summed E-state index contributed by atoms with van der Waals surface area (Å²) in [6, 6.07) is 13.4. The molecule has 4 aromatic rings. The molecular weight excluding hydrogens is 418 g/mol. The molecule has 34 heavy (non-hydrogen) atoms. The zero-order valence-corrected chi connectivity index (χ0v) is 21.0. The fourth-order valence-corrected chi connectivity index (χ4v) is 5.55. The lowest BCUT2D eigenvalue weighted by Crippen LogP contribution is -2.18. The fraction of sp³-hybridized carbons (Fsp3) is 0.448. The highest BCUT2D eigenvalue weighted by molar-refractivity contribution is 6.23. The maximum Gasteiger partial charge on any atom is 0.143 e. The standard InChI is InChI=1S/C29H38N5/c1-32(2)18-9-17-30-28-23-13-7-8-14-24(23)31-29-27(28)26-22-12-6-5-11-21(22)15-16-25(26)34(29)20-10-19-33(3)4/h5-6,11-12,15-16H,3,7-10,13-14,17-20H2,1-2,4H3,(H,30,31)/q+1. The number of fused-ring (bicyclic) bond motifs is 6. The lowest BCUT2D eigenvalue weighted by Gasteiger charge is -2.21. The average molecular weight is 457 g/mol. The molecule has 0 unspecified atom stereocenters. The maximum absolute atomic E-state index is 5.36. The van der Waals surface area contributed by atoms with E-state index in [2.05, 4.69) is 72.0 Å². The SMILES string of the molecule is C=[N+](C)CCCn1c2ccc3ccccc3c2c2c(NCCCN(C)C)c3c(nc21)CCCC3. The lowest BCUT2D eigenvalue weighted by molar-refractivity contribution is -0.489. The Kier molecular flexibility index (Phi) is 6.55. The van der Waals surface area contributed by atoms with Gasteiger partial charge in [0.15, 0.2) is 0 Å². The predicted molar refractivity (Wildman–Crippen MR) is 146 cm³/mol. The molecule has 1 aliphatic rings. The Morgan fingerprint density at radius 2 is 1.88 bits per heavy atom. The van der Waals surface area contributed by atoms with Crippen LogP contribution in [-0.2, 0) is 19.4 Å². The molecule has 0 spiro atoms. The lowest BCUT2D eigenvalue weighted by atomic mass is 9.92. The summed E-state index contributed by atoms with van der Waals surface area (Å²) in [5.41, 5.74) is 6.54.